The Morgan fingerprint density at radius 2 is 0.875 bits per heavy atom. The quantitative estimate of drug-likeness (QED) is 0.0960. The topological polar surface area (TPSA) is 26.3 Å². The van der Waals surface area contributed by atoms with Gasteiger partial charge in [-0.1, -0.05) is 0 Å². The summed E-state index contributed by atoms with van der Waals surface area (Å²) in [4.78, 5) is 13.6. The molecule has 0 atom stereocenters. The molecule has 1 heterocycles. The van der Waals surface area contributed by atoms with Gasteiger partial charge in [0.25, 0.3) is 0 Å². The summed E-state index contributed by atoms with van der Waals surface area (Å²) in [5.41, 5.74) is 0. The molecular formula is C28H56O2Sn2. The average molecular weight is 662 g/mol. The van der Waals surface area contributed by atoms with Gasteiger partial charge in [0.05, 0.1) is 0 Å². The molecule has 0 saturated carbocycles. The van der Waals surface area contributed by atoms with Crippen molar-refractivity contribution in [2.75, 3.05) is 6.61 Å². The Morgan fingerprint density at radius 3 is 1.19 bits per heavy atom. The van der Waals surface area contributed by atoms with Crippen LogP contribution in [0.1, 0.15) is 119 Å². The fourth-order valence-corrected chi connectivity index (χ4v) is 49.2. The van der Waals surface area contributed by atoms with Crippen molar-refractivity contribution >= 4 is 42.7 Å². The van der Waals surface area contributed by atoms with Gasteiger partial charge in [0, 0.05) is 0 Å². The fraction of sp³-hybridized carbons (Fsp3) is 0.893. The number of esters is 1. The molecule has 0 unspecified atom stereocenters. The number of hydrogen-bond acceptors (Lipinski definition) is 2. The van der Waals surface area contributed by atoms with Gasteiger partial charge in [-0.25, -0.2) is 0 Å². The molecule has 0 amide bonds. The summed E-state index contributed by atoms with van der Waals surface area (Å²) in [5, 5.41) is 0. The second-order valence-electron chi connectivity index (χ2n) is 10.6. The third kappa shape index (κ3) is 8.79. The van der Waals surface area contributed by atoms with Gasteiger partial charge < -0.3 is 0 Å². The molecule has 188 valence electrons. The first-order chi connectivity index (χ1) is 15.5. The van der Waals surface area contributed by atoms with E-state index >= 15 is 0 Å². The Morgan fingerprint density at radius 1 is 0.562 bits per heavy atom. The molecular weight excluding hydrogens is 606 g/mol. The summed E-state index contributed by atoms with van der Waals surface area (Å²) in [5.74, 6) is 0.185. The Hall–Kier alpha value is 0.807. The van der Waals surface area contributed by atoms with Crippen LogP contribution >= 0.6 is 0 Å². The van der Waals surface area contributed by atoms with Crippen molar-refractivity contribution in [1.82, 2.24) is 0 Å². The number of unbranched alkanes of at least 4 members (excludes halogenated alkanes) is 6. The van der Waals surface area contributed by atoms with Crippen molar-refractivity contribution in [3.8, 4) is 0 Å². The van der Waals surface area contributed by atoms with Gasteiger partial charge in [-0.2, -0.15) is 0 Å². The summed E-state index contributed by atoms with van der Waals surface area (Å²) in [7, 11) is 0. The first kappa shape index (κ1) is 30.8. The SMILES string of the molecule is CCC[CH2][Sn]([CH2]CCC)([CH2]CCC)[C]1=[C]([Sn]([CH2]CCC)([CH2]CCC)[CH2]CCC)C(=O)OC1. The Bertz CT molecular complexity index is 512. The molecule has 0 aromatic heterocycles. The van der Waals surface area contributed by atoms with Crippen molar-refractivity contribution in [2.24, 2.45) is 0 Å². The molecule has 0 N–H and O–H groups in total. The number of hydrogen-bond donors (Lipinski definition) is 0. The summed E-state index contributed by atoms with van der Waals surface area (Å²) < 4.78 is 17.9. The molecule has 1 rings (SSSR count). The third-order valence-corrected chi connectivity index (χ3v) is 41.8. The van der Waals surface area contributed by atoms with Crippen molar-refractivity contribution in [2.45, 2.75) is 145 Å². The molecule has 0 spiro atoms. The molecule has 0 bridgehead atoms. The van der Waals surface area contributed by atoms with Crippen LogP contribution in [-0.2, 0) is 9.53 Å². The Labute approximate surface area is 209 Å². The van der Waals surface area contributed by atoms with E-state index in [9.17, 15) is 4.79 Å². The average Bonchev–Trinajstić information content (AvgIpc) is 3.21. The van der Waals surface area contributed by atoms with E-state index in [-0.39, 0.29) is 5.97 Å². The van der Waals surface area contributed by atoms with Crippen LogP contribution in [0.15, 0.2) is 7.18 Å². The molecule has 1 aliphatic heterocycles. The summed E-state index contributed by atoms with van der Waals surface area (Å²) in [6.45, 7) is 14.8. The van der Waals surface area contributed by atoms with Crippen LogP contribution < -0.4 is 0 Å². The van der Waals surface area contributed by atoms with Crippen molar-refractivity contribution in [3.05, 3.63) is 7.18 Å². The second kappa shape index (κ2) is 17.3. The first-order valence-corrected chi connectivity index (χ1v) is 29.4. The van der Waals surface area contributed by atoms with E-state index in [0.29, 0.717) is 6.61 Å². The minimum atomic E-state index is -2.80. The number of rotatable bonds is 20. The third-order valence-electron chi connectivity index (χ3n) is 8.08. The molecule has 4 heteroatoms. The van der Waals surface area contributed by atoms with Gasteiger partial charge in [0.1, 0.15) is 0 Å². The van der Waals surface area contributed by atoms with Gasteiger partial charge in [-0.3, -0.25) is 0 Å². The van der Waals surface area contributed by atoms with E-state index in [4.69, 9.17) is 4.74 Å². The molecule has 1 aliphatic rings. The summed E-state index contributed by atoms with van der Waals surface area (Å²) >= 11 is -5.43. The standard InChI is InChI=1S/C4H2O2.6C4H9.2Sn/c5-4-2-1-3-6-4;6*1-3-4-2;;/h3H2;6*1,3-4H2,2H3;;. The summed E-state index contributed by atoms with van der Waals surface area (Å²) in [6, 6.07) is 0. The molecule has 0 aliphatic carbocycles. The predicted molar refractivity (Wildman–Crippen MR) is 148 cm³/mol. The zero-order chi connectivity index (χ0) is 23.9. The predicted octanol–water partition coefficient (Wildman–Crippen LogP) is 9.62. The number of ether oxygens (including phenoxy) is 1. The first-order valence-electron chi connectivity index (χ1n) is 14.4. The van der Waals surface area contributed by atoms with Gasteiger partial charge in [-0.05, 0) is 0 Å². The summed E-state index contributed by atoms with van der Waals surface area (Å²) in [6.07, 6.45) is 15.8. The van der Waals surface area contributed by atoms with Crippen LogP contribution in [0.4, 0.5) is 0 Å². The monoisotopic (exact) mass is 664 g/mol. The van der Waals surface area contributed by atoms with Crippen molar-refractivity contribution in [1.29, 1.82) is 0 Å². The molecule has 0 fully saturated rings. The van der Waals surface area contributed by atoms with Crippen LogP contribution in [0.25, 0.3) is 0 Å². The van der Waals surface area contributed by atoms with Crippen molar-refractivity contribution < 1.29 is 9.53 Å². The fourth-order valence-electron chi connectivity index (χ4n) is 6.03. The van der Waals surface area contributed by atoms with Crippen LogP contribution in [0.2, 0.25) is 26.6 Å². The molecule has 2 nitrogen and oxygen atoms in total. The van der Waals surface area contributed by atoms with Gasteiger partial charge >= 0.3 is 211 Å². The van der Waals surface area contributed by atoms with Crippen LogP contribution in [0, 0.1) is 0 Å². The number of cyclic esters (lactones) is 1. The van der Waals surface area contributed by atoms with Crippen LogP contribution in [-0.4, -0.2) is 49.3 Å². The molecule has 0 aromatic rings. The van der Waals surface area contributed by atoms with Crippen LogP contribution in [0.3, 0.4) is 0 Å². The van der Waals surface area contributed by atoms with E-state index in [1.807, 2.05) is 0 Å². The molecule has 32 heavy (non-hydrogen) atoms. The second-order valence-corrected chi connectivity index (χ2v) is 36.9. The number of carbonyl (C=O) groups is 1. The van der Waals surface area contributed by atoms with E-state index in [1.165, 1.54) is 107 Å². The maximum absolute atomic E-state index is 13.6. The van der Waals surface area contributed by atoms with Crippen molar-refractivity contribution in [3.63, 3.8) is 0 Å². The minimum absolute atomic E-state index is 0.185. The van der Waals surface area contributed by atoms with E-state index in [0.717, 1.165) is 0 Å². The Kier molecular flexibility index (Phi) is 16.6. The van der Waals surface area contributed by atoms with Crippen LogP contribution in [0.5, 0.6) is 0 Å². The van der Waals surface area contributed by atoms with E-state index in [1.54, 1.807) is 3.59 Å². The zero-order valence-corrected chi connectivity index (χ0v) is 28.5. The Balaban J connectivity index is 3.67. The van der Waals surface area contributed by atoms with E-state index < -0.39 is 36.8 Å². The normalized spacial score (nSPS) is 15.0. The van der Waals surface area contributed by atoms with E-state index in [2.05, 4.69) is 41.5 Å². The molecule has 0 aromatic carbocycles. The van der Waals surface area contributed by atoms with Gasteiger partial charge in [-0.15, -0.1) is 0 Å². The molecule has 0 radical (unpaired) electrons. The zero-order valence-electron chi connectivity index (χ0n) is 22.8. The maximum atomic E-state index is 13.6. The van der Waals surface area contributed by atoms with Gasteiger partial charge in [0.2, 0.25) is 0 Å². The number of carbonyl (C=O) groups excluding carboxylic acids is 1. The molecule has 0 saturated heterocycles. The van der Waals surface area contributed by atoms with Gasteiger partial charge in [0.15, 0.2) is 0 Å².